The summed E-state index contributed by atoms with van der Waals surface area (Å²) in [6.45, 7) is 38.3. The van der Waals surface area contributed by atoms with E-state index < -0.39 is 29.0 Å². The molecule has 0 aliphatic heterocycles. The molecule has 0 aliphatic carbocycles. The van der Waals surface area contributed by atoms with Crippen LogP contribution in [-0.4, -0.2) is 98.6 Å². The fraction of sp³-hybridized carbons (Fsp3) is 1.00. The van der Waals surface area contributed by atoms with E-state index in [0.29, 0.717) is 0 Å². The van der Waals surface area contributed by atoms with Crippen molar-refractivity contribution in [3.05, 3.63) is 0 Å². The van der Waals surface area contributed by atoms with Gasteiger partial charge in [-0.25, -0.2) is 0 Å². The Kier molecular flexibility index (Phi) is 93.5. The maximum absolute atomic E-state index is 2.43. The van der Waals surface area contributed by atoms with Crippen molar-refractivity contribution >= 4 is 29.0 Å². The Labute approximate surface area is 511 Å². The van der Waals surface area contributed by atoms with E-state index in [9.17, 15) is 0 Å². The normalized spacial score (nSPS) is 11.4. The fourth-order valence-electron chi connectivity index (χ4n) is 12.3. The van der Waals surface area contributed by atoms with E-state index in [1.165, 1.54) is 331 Å². The maximum atomic E-state index is 2.43. The molecule has 0 atom stereocenters. The van der Waals surface area contributed by atoms with Crippen molar-refractivity contribution < 1.29 is 18.8 Å². The van der Waals surface area contributed by atoms with Gasteiger partial charge in [0.05, 0.1) is 98.6 Å². The van der Waals surface area contributed by atoms with Crippen LogP contribution in [0, 0.1) is 0 Å². The smallest absolute Gasteiger partial charge is 0.0594 e. The lowest BCUT2D eigenvalue weighted by molar-refractivity contribution is -0.001000. The Morgan fingerprint density at radius 1 is 0.125 bits per heavy atom. The number of unbranched alkanes of at least 4 members (excludes halogenated alkanes) is 36. The summed E-state index contributed by atoms with van der Waals surface area (Å²) in [6, 6.07) is 0. The van der Waals surface area contributed by atoms with Gasteiger partial charge in [-0.3, -0.25) is 0 Å². The van der Waals surface area contributed by atoms with Gasteiger partial charge in [0.25, 0.3) is 0 Å². The molecular weight excluding hydrogens is 1060 g/mol. The second kappa shape index (κ2) is 76.5. The summed E-state index contributed by atoms with van der Waals surface area (Å²) in [4.78, 5) is 0. The second-order valence-electron chi connectivity index (χ2n) is 24.8. The highest BCUT2D eigenvalue weighted by atomic mass is 31.2. The summed E-state index contributed by atoms with van der Waals surface area (Å²) in [6.07, 6.45) is 83.0. The average molecular weight is 1230 g/mol. The van der Waals surface area contributed by atoms with Gasteiger partial charge in [-0.2, -0.15) is 0 Å². The summed E-state index contributed by atoms with van der Waals surface area (Å²) in [5.74, 6) is 0. The zero-order valence-corrected chi connectivity index (χ0v) is 62.5. The van der Waals surface area contributed by atoms with Crippen LogP contribution in [0.3, 0.4) is 0 Å². The second-order valence-corrected chi connectivity index (χ2v) is 44.9. The molecule has 0 spiro atoms. The van der Waals surface area contributed by atoms with E-state index in [1.54, 1.807) is 24.6 Å². The van der Waals surface area contributed by atoms with Crippen LogP contribution in [0.25, 0.3) is 0 Å². The zero-order chi connectivity index (χ0) is 57.6. The van der Waals surface area contributed by atoms with Gasteiger partial charge in [0.1, 0.15) is 0 Å². The molecule has 496 valence electrons. The van der Waals surface area contributed by atoms with Gasteiger partial charge in [0.15, 0.2) is 0 Å². The van der Waals surface area contributed by atoms with Crippen LogP contribution in [0.5, 0.6) is 0 Å². The van der Waals surface area contributed by atoms with Gasteiger partial charge in [-0.15, -0.1) is 0 Å². The molecule has 0 aliphatic rings. The molecule has 0 aromatic rings. The largest absolute Gasteiger partial charge is 1.00 e. The molecular formula is C72H160F4P4. The van der Waals surface area contributed by atoms with Crippen molar-refractivity contribution in [3.63, 3.8) is 0 Å². The molecule has 0 saturated carbocycles. The molecule has 0 fully saturated rings. The lowest BCUT2D eigenvalue weighted by Gasteiger charge is -2.23. The molecule has 0 aromatic heterocycles. The number of hydrogen-bond donors (Lipinski definition) is 0. The third-order valence-corrected chi connectivity index (χ3v) is 41.2. The van der Waals surface area contributed by atoms with Crippen molar-refractivity contribution in [2.75, 3.05) is 98.6 Å². The summed E-state index contributed by atoms with van der Waals surface area (Å²) >= 11 is 0. The Morgan fingerprint density at radius 3 is 0.300 bits per heavy atom. The minimum absolute atomic E-state index is 0. The highest BCUT2D eigenvalue weighted by Gasteiger charge is 2.32. The van der Waals surface area contributed by atoms with Crippen molar-refractivity contribution in [1.82, 2.24) is 0 Å². The maximum Gasteiger partial charge on any atom is 0.0594 e. The molecule has 0 radical (unpaired) electrons. The highest BCUT2D eigenvalue weighted by molar-refractivity contribution is 7.76. The minimum Gasteiger partial charge on any atom is -1.00 e. The number of hydrogen-bond acceptors (Lipinski definition) is 0. The first kappa shape index (κ1) is 97.7. The quantitative estimate of drug-likeness (QED) is 0.0323. The van der Waals surface area contributed by atoms with Gasteiger partial charge in [0.2, 0.25) is 0 Å². The third-order valence-electron chi connectivity index (χ3n) is 20.0. The summed E-state index contributed by atoms with van der Waals surface area (Å²) in [5.41, 5.74) is 0. The zero-order valence-electron chi connectivity index (χ0n) is 58.9. The monoisotopic (exact) mass is 1230 g/mol. The van der Waals surface area contributed by atoms with Crippen molar-refractivity contribution in [2.45, 2.75) is 368 Å². The Bertz CT molecular complexity index is 840. The Hall–Kier alpha value is 1.44. The van der Waals surface area contributed by atoms with Crippen LogP contribution in [0.4, 0.5) is 0 Å². The molecule has 80 heavy (non-hydrogen) atoms. The first-order chi connectivity index (χ1) is 37.0. The van der Waals surface area contributed by atoms with Crippen LogP contribution in [0.15, 0.2) is 0 Å². The van der Waals surface area contributed by atoms with Gasteiger partial charge < -0.3 is 18.8 Å². The fourth-order valence-corrected chi connectivity index (χ4v) is 25.1. The molecule has 0 rings (SSSR count). The average Bonchev–Trinajstić information content (AvgIpc) is 3.46. The molecule has 0 aromatic carbocycles. The van der Waals surface area contributed by atoms with E-state index in [4.69, 9.17) is 0 Å². The molecule has 0 heterocycles. The van der Waals surface area contributed by atoms with Crippen LogP contribution in [0.1, 0.15) is 368 Å². The lowest BCUT2D eigenvalue weighted by atomic mass is 10.1. The van der Waals surface area contributed by atoms with Gasteiger partial charge in [-0.05, 0) is 134 Å². The van der Waals surface area contributed by atoms with E-state index in [2.05, 4.69) is 111 Å². The number of rotatable bonds is 56. The predicted octanol–water partition coefficient (Wildman–Crippen LogP) is 16.0. The van der Waals surface area contributed by atoms with Gasteiger partial charge in [-0.1, -0.05) is 233 Å². The highest BCUT2D eigenvalue weighted by Crippen LogP contribution is 2.60. The van der Waals surface area contributed by atoms with E-state index in [1.807, 2.05) is 0 Å². The SMILES string of the molecule is CCCCCCCCCCCC[P+](CC)(CC)CC.CCCCCCCCCCCC[P+](CC)(CC)CC.CCCCCCCCCCCC[P+](CC)(CC)CC.CCCCCCCCCCCC[P+](CC)(CC)CC.[F-].[F-].[F-].[F-]. The van der Waals surface area contributed by atoms with Gasteiger partial charge >= 0.3 is 0 Å². The van der Waals surface area contributed by atoms with E-state index in [0.717, 1.165) is 0 Å². The molecule has 8 heteroatoms. The standard InChI is InChI=1S/4C18H40P.4FH/c4*1-5-9-10-11-12-13-14-15-16-17-18-19(6-2,7-3)8-4;;;;/h4*5-18H2,1-4H3;4*1H/q4*+1;;;;/p-4. The van der Waals surface area contributed by atoms with Crippen LogP contribution < -0.4 is 18.8 Å². The minimum atomic E-state index is -0.513. The predicted molar refractivity (Wildman–Crippen MR) is 381 cm³/mol. The summed E-state index contributed by atoms with van der Waals surface area (Å²) in [7, 11) is -2.05. The van der Waals surface area contributed by atoms with Crippen LogP contribution in [0.2, 0.25) is 0 Å². The van der Waals surface area contributed by atoms with Gasteiger partial charge in [0, 0.05) is 29.0 Å². The molecule has 0 bridgehead atoms. The van der Waals surface area contributed by atoms with Crippen molar-refractivity contribution in [3.8, 4) is 0 Å². The Balaban J connectivity index is -0.000000142. The molecule has 0 unspecified atom stereocenters. The number of halogens is 4. The first-order valence-corrected chi connectivity index (χ1v) is 46.5. The summed E-state index contributed by atoms with van der Waals surface area (Å²) in [5, 5.41) is 0. The molecule has 0 N–H and O–H groups in total. The molecule has 0 saturated heterocycles. The van der Waals surface area contributed by atoms with Crippen molar-refractivity contribution in [1.29, 1.82) is 0 Å². The van der Waals surface area contributed by atoms with E-state index >= 15 is 0 Å². The topological polar surface area (TPSA) is 0 Å². The summed E-state index contributed by atoms with van der Waals surface area (Å²) < 4.78 is 0. The third kappa shape index (κ3) is 61.1. The molecule has 0 nitrogen and oxygen atoms in total. The van der Waals surface area contributed by atoms with Crippen LogP contribution >= 0.6 is 29.0 Å². The lowest BCUT2D eigenvalue weighted by Crippen LogP contribution is -3.00. The van der Waals surface area contributed by atoms with E-state index in [-0.39, 0.29) is 18.8 Å². The molecule has 0 amide bonds. The van der Waals surface area contributed by atoms with Crippen molar-refractivity contribution in [2.24, 2.45) is 0 Å². The van der Waals surface area contributed by atoms with Crippen LogP contribution in [-0.2, 0) is 0 Å². The first-order valence-electron chi connectivity index (χ1n) is 36.4. The Morgan fingerprint density at radius 2 is 0.212 bits per heavy atom.